The molecule has 0 N–H and O–H groups in total. The first-order valence-electron chi connectivity index (χ1n) is 9.77. The third-order valence-corrected chi connectivity index (χ3v) is 7.24. The fourth-order valence-corrected chi connectivity index (χ4v) is 5.27. The molecule has 0 spiro atoms. The molecule has 0 aliphatic carbocycles. The van der Waals surface area contributed by atoms with Crippen molar-refractivity contribution in [2.75, 3.05) is 0 Å². The van der Waals surface area contributed by atoms with Crippen LogP contribution in [0, 0.1) is 13.8 Å². The molecule has 0 radical (unpaired) electrons. The predicted molar refractivity (Wildman–Crippen MR) is 124 cm³/mol. The zero-order valence-electron chi connectivity index (χ0n) is 16.7. The van der Waals surface area contributed by atoms with Gasteiger partial charge in [0.05, 0.1) is 19.6 Å². The molecule has 0 aromatic heterocycles. The fraction of sp³-hybridized carbons (Fsp3) is 0.0769. The standard InChI is InChI=1S/2C13H10OS/c1-9-5-4-7-11-13(9)15-12-8-3-2-6-10(12)14-11;1-9-6-7-13-11(8-9)14-10-4-2-3-5-12(10)15-13/h2*2-8H,1H3. The van der Waals surface area contributed by atoms with Gasteiger partial charge in [-0.25, -0.2) is 0 Å². The van der Waals surface area contributed by atoms with Crippen molar-refractivity contribution in [1.82, 2.24) is 0 Å². The van der Waals surface area contributed by atoms with Crippen LogP contribution in [-0.4, -0.2) is 0 Å². The first-order valence-corrected chi connectivity index (χ1v) is 11.4. The summed E-state index contributed by atoms with van der Waals surface area (Å²) >= 11 is 3.55. The van der Waals surface area contributed by atoms with E-state index in [2.05, 4.69) is 50.2 Å². The van der Waals surface area contributed by atoms with E-state index >= 15 is 0 Å². The van der Waals surface area contributed by atoms with E-state index in [1.54, 1.807) is 23.5 Å². The van der Waals surface area contributed by atoms with E-state index in [0.717, 1.165) is 23.0 Å². The molecule has 2 aliphatic heterocycles. The average molecular weight is 429 g/mol. The van der Waals surface area contributed by atoms with Gasteiger partial charge in [-0.15, -0.1) is 0 Å². The Labute approximate surface area is 185 Å². The maximum Gasteiger partial charge on any atom is 0.141 e. The minimum atomic E-state index is 0.959. The zero-order chi connectivity index (χ0) is 20.5. The Balaban J connectivity index is 0.000000128. The van der Waals surface area contributed by atoms with Crippen molar-refractivity contribution in [2.24, 2.45) is 0 Å². The third kappa shape index (κ3) is 3.81. The van der Waals surface area contributed by atoms with E-state index in [1.165, 1.54) is 30.7 Å². The molecule has 2 aliphatic rings. The van der Waals surface area contributed by atoms with Crippen molar-refractivity contribution in [3.63, 3.8) is 0 Å². The second-order valence-corrected chi connectivity index (χ2v) is 9.29. The van der Waals surface area contributed by atoms with Gasteiger partial charge >= 0.3 is 0 Å². The summed E-state index contributed by atoms with van der Waals surface area (Å²) in [5, 5.41) is 0. The predicted octanol–water partition coefficient (Wildman–Crippen LogP) is 8.50. The third-order valence-electron chi connectivity index (χ3n) is 4.85. The Morgan fingerprint density at radius 2 is 1.13 bits per heavy atom. The summed E-state index contributed by atoms with van der Waals surface area (Å²) in [5.74, 6) is 3.86. The lowest BCUT2D eigenvalue weighted by molar-refractivity contribution is 0.453. The summed E-state index contributed by atoms with van der Waals surface area (Å²) in [6, 6.07) is 28.7. The summed E-state index contributed by atoms with van der Waals surface area (Å²) in [7, 11) is 0. The molecule has 0 bridgehead atoms. The fourth-order valence-electron chi connectivity index (χ4n) is 3.32. The average Bonchev–Trinajstić information content (AvgIpc) is 2.77. The van der Waals surface area contributed by atoms with E-state index in [0.29, 0.717) is 0 Å². The maximum atomic E-state index is 5.84. The summed E-state index contributed by atoms with van der Waals surface area (Å²) in [6.07, 6.45) is 0. The smallest absolute Gasteiger partial charge is 0.141 e. The van der Waals surface area contributed by atoms with Crippen LogP contribution in [-0.2, 0) is 0 Å². The zero-order valence-corrected chi connectivity index (χ0v) is 18.3. The Hall–Kier alpha value is -2.82. The SMILES string of the molecule is Cc1ccc2c(c1)Oc1ccccc1S2.Cc1cccc2c1Sc1ccccc1O2. The van der Waals surface area contributed by atoms with E-state index in [4.69, 9.17) is 9.47 Å². The highest BCUT2D eigenvalue weighted by atomic mass is 32.2. The molecule has 0 amide bonds. The van der Waals surface area contributed by atoms with Crippen molar-refractivity contribution < 1.29 is 9.47 Å². The van der Waals surface area contributed by atoms with E-state index in [9.17, 15) is 0 Å². The van der Waals surface area contributed by atoms with Crippen molar-refractivity contribution in [3.05, 3.63) is 96.1 Å². The lowest BCUT2D eigenvalue weighted by atomic mass is 10.2. The first-order chi connectivity index (χ1) is 14.7. The van der Waals surface area contributed by atoms with Gasteiger partial charge in [-0.3, -0.25) is 0 Å². The molecule has 0 unspecified atom stereocenters. The monoisotopic (exact) mass is 428 g/mol. The summed E-state index contributed by atoms with van der Waals surface area (Å²) in [4.78, 5) is 4.81. The van der Waals surface area contributed by atoms with Crippen molar-refractivity contribution in [2.45, 2.75) is 33.4 Å². The van der Waals surface area contributed by atoms with E-state index in [-0.39, 0.29) is 0 Å². The molecule has 2 heterocycles. The molecule has 0 fully saturated rings. The van der Waals surface area contributed by atoms with Crippen LogP contribution in [0.4, 0.5) is 0 Å². The molecule has 0 saturated heterocycles. The molecule has 30 heavy (non-hydrogen) atoms. The summed E-state index contributed by atoms with van der Waals surface area (Å²) < 4.78 is 11.7. The Morgan fingerprint density at radius 1 is 0.533 bits per heavy atom. The molecular weight excluding hydrogens is 408 g/mol. The molecule has 148 valence electrons. The second kappa shape index (κ2) is 8.13. The number of aryl methyl sites for hydroxylation is 2. The van der Waals surface area contributed by atoms with Gasteiger partial charge in [-0.1, -0.05) is 66.0 Å². The van der Waals surface area contributed by atoms with Gasteiger partial charge in [-0.05, 0) is 67.4 Å². The molecule has 4 aromatic carbocycles. The molecule has 4 heteroatoms. The van der Waals surface area contributed by atoms with E-state index in [1.807, 2.05) is 48.5 Å². The molecule has 0 atom stereocenters. The maximum absolute atomic E-state index is 5.84. The number of ether oxygens (including phenoxy) is 2. The number of hydrogen-bond acceptors (Lipinski definition) is 4. The minimum absolute atomic E-state index is 0.959. The molecule has 4 aromatic rings. The van der Waals surface area contributed by atoms with Crippen LogP contribution < -0.4 is 9.47 Å². The van der Waals surface area contributed by atoms with Crippen molar-refractivity contribution in [1.29, 1.82) is 0 Å². The number of benzene rings is 4. The van der Waals surface area contributed by atoms with Crippen LogP contribution in [0.5, 0.6) is 23.0 Å². The Morgan fingerprint density at radius 3 is 1.90 bits per heavy atom. The van der Waals surface area contributed by atoms with Gasteiger partial charge in [-0.2, -0.15) is 0 Å². The lowest BCUT2D eigenvalue weighted by Gasteiger charge is -2.20. The van der Waals surface area contributed by atoms with Gasteiger partial charge in [0.1, 0.15) is 23.0 Å². The van der Waals surface area contributed by atoms with Gasteiger partial charge in [0, 0.05) is 0 Å². The minimum Gasteiger partial charge on any atom is -0.455 e. The Kier molecular flexibility index (Phi) is 5.19. The van der Waals surface area contributed by atoms with Crippen LogP contribution in [0.3, 0.4) is 0 Å². The van der Waals surface area contributed by atoms with Gasteiger partial charge < -0.3 is 9.47 Å². The lowest BCUT2D eigenvalue weighted by Crippen LogP contribution is -1.95. The quantitative estimate of drug-likeness (QED) is 0.241. The second-order valence-electron chi connectivity index (χ2n) is 7.15. The molecular formula is C26H20O2S2. The van der Waals surface area contributed by atoms with Gasteiger partial charge in [0.25, 0.3) is 0 Å². The topological polar surface area (TPSA) is 18.5 Å². The Bertz CT molecular complexity index is 1220. The van der Waals surface area contributed by atoms with Crippen LogP contribution >= 0.6 is 23.5 Å². The first kappa shape index (κ1) is 19.2. The van der Waals surface area contributed by atoms with Crippen LogP contribution in [0.1, 0.15) is 11.1 Å². The normalized spacial score (nSPS) is 12.6. The number of rotatable bonds is 0. The molecule has 0 saturated carbocycles. The highest BCUT2D eigenvalue weighted by Gasteiger charge is 2.18. The van der Waals surface area contributed by atoms with Crippen molar-refractivity contribution >= 4 is 23.5 Å². The van der Waals surface area contributed by atoms with Crippen LogP contribution in [0.15, 0.2) is 105 Å². The highest BCUT2D eigenvalue weighted by Crippen LogP contribution is 2.48. The number of fused-ring (bicyclic) bond motifs is 4. The highest BCUT2D eigenvalue weighted by molar-refractivity contribution is 8.00. The summed E-state index contributed by atoms with van der Waals surface area (Å²) in [5.41, 5.74) is 2.50. The molecule has 2 nitrogen and oxygen atoms in total. The number of hydrogen-bond donors (Lipinski definition) is 0. The van der Waals surface area contributed by atoms with Gasteiger partial charge in [0.15, 0.2) is 0 Å². The van der Waals surface area contributed by atoms with E-state index < -0.39 is 0 Å². The van der Waals surface area contributed by atoms with Gasteiger partial charge in [0.2, 0.25) is 0 Å². The van der Waals surface area contributed by atoms with Crippen molar-refractivity contribution in [3.8, 4) is 23.0 Å². The molecule has 6 rings (SSSR count). The largest absolute Gasteiger partial charge is 0.455 e. The van der Waals surface area contributed by atoms with Crippen LogP contribution in [0.2, 0.25) is 0 Å². The summed E-state index contributed by atoms with van der Waals surface area (Å²) in [6.45, 7) is 4.19. The van der Waals surface area contributed by atoms with Crippen LogP contribution in [0.25, 0.3) is 0 Å². The number of para-hydroxylation sites is 2.